The second-order valence-corrected chi connectivity index (χ2v) is 7.16. The molecule has 31 heavy (non-hydrogen) atoms. The number of Topliss-reactive ketones (excluding diaryl/α,β-unsaturated/α-hetero) is 1. The van der Waals surface area contributed by atoms with Crippen LogP contribution < -0.4 is 9.47 Å². The first kappa shape index (κ1) is 21.1. The van der Waals surface area contributed by atoms with Gasteiger partial charge in [0.25, 0.3) is 0 Å². The van der Waals surface area contributed by atoms with Crippen molar-refractivity contribution < 1.29 is 49.6 Å². The van der Waals surface area contributed by atoms with E-state index in [1.165, 1.54) is 42.5 Å². The Hall–Kier alpha value is -3.15. The Morgan fingerprint density at radius 3 is 2.45 bits per heavy atom. The maximum atomic E-state index is 12.6. The van der Waals surface area contributed by atoms with E-state index < -0.39 is 43.1 Å². The maximum Gasteiger partial charge on any atom is 0.231 e. The number of rotatable bonds is 4. The van der Waals surface area contributed by atoms with Crippen LogP contribution in [0.25, 0.3) is 6.08 Å². The number of benzene rings is 2. The van der Waals surface area contributed by atoms with E-state index in [4.69, 9.17) is 14.2 Å². The lowest BCUT2D eigenvalue weighted by Crippen LogP contribution is -2.60. The lowest BCUT2D eigenvalue weighted by molar-refractivity contribution is -0.277. The Kier molecular flexibility index (Phi) is 5.56. The molecular weight excluding hydrogens is 412 g/mol. The molecule has 164 valence electrons. The summed E-state index contributed by atoms with van der Waals surface area (Å²) in [4.78, 5) is 12.6. The van der Waals surface area contributed by atoms with Gasteiger partial charge in [0.2, 0.25) is 12.1 Å². The second-order valence-electron chi connectivity index (χ2n) is 7.16. The van der Waals surface area contributed by atoms with E-state index in [0.29, 0.717) is 5.56 Å². The normalized spacial score (nSPS) is 29.0. The fourth-order valence-electron chi connectivity index (χ4n) is 3.32. The van der Waals surface area contributed by atoms with Gasteiger partial charge in [0.1, 0.15) is 35.9 Å². The molecule has 0 aromatic heterocycles. The van der Waals surface area contributed by atoms with Crippen molar-refractivity contribution in [1.82, 2.24) is 0 Å². The number of aromatic hydroxyl groups is 2. The third kappa shape index (κ3) is 3.94. The molecule has 2 heterocycles. The van der Waals surface area contributed by atoms with E-state index in [-0.39, 0.29) is 34.3 Å². The molecule has 5 atom stereocenters. The SMILES string of the molecule is O=C1/C(=C\c2ccc(O)c(O)c2)Oc2cc(O[C@@H]3O[C@H](CO)[C@@H](O)[C@@H](O)[C@H]3O)ccc21. The summed E-state index contributed by atoms with van der Waals surface area (Å²) in [6, 6.07) is 8.33. The van der Waals surface area contributed by atoms with Gasteiger partial charge in [-0.2, -0.15) is 0 Å². The van der Waals surface area contributed by atoms with Crippen molar-refractivity contribution >= 4 is 11.9 Å². The minimum Gasteiger partial charge on any atom is -0.504 e. The van der Waals surface area contributed by atoms with Crippen LogP contribution in [0.2, 0.25) is 0 Å². The average Bonchev–Trinajstić information content (AvgIpc) is 3.05. The molecule has 0 aliphatic carbocycles. The van der Waals surface area contributed by atoms with Crippen molar-refractivity contribution in [3.63, 3.8) is 0 Å². The lowest BCUT2D eigenvalue weighted by atomic mass is 9.99. The minimum absolute atomic E-state index is 0.00919. The van der Waals surface area contributed by atoms with Gasteiger partial charge >= 0.3 is 0 Å². The first-order valence-corrected chi connectivity index (χ1v) is 9.36. The number of hydrogen-bond acceptors (Lipinski definition) is 10. The smallest absolute Gasteiger partial charge is 0.231 e. The monoisotopic (exact) mass is 432 g/mol. The van der Waals surface area contributed by atoms with Gasteiger partial charge in [0, 0.05) is 6.07 Å². The highest BCUT2D eigenvalue weighted by molar-refractivity contribution is 6.14. The second kappa shape index (κ2) is 8.17. The zero-order valence-corrected chi connectivity index (χ0v) is 16.0. The molecule has 2 aliphatic rings. The number of carbonyl (C=O) groups excluding carboxylic acids is 1. The van der Waals surface area contributed by atoms with Gasteiger partial charge in [0.05, 0.1) is 12.2 Å². The molecule has 2 aliphatic heterocycles. The Morgan fingerprint density at radius 1 is 0.968 bits per heavy atom. The molecule has 0 spiro atoms. The Labute approximate surface area is 175 Å². The molecule has 2 aromatic rings. The summed E-state index contributed by atoms with van der Waals surface area (Å²) in [5.74, 6) is -0.709. The van der Waals surface area contributed by atoms with Crippen LogP contribution in [0.4, 0.5) is 0 Å². The van der Waals surface area contributed by atoms with Crippen LogP contribution in [0.1, 0.15) is 15.9 Å². The standard InChI is InChI=1S/C21H20O10/c22-8-16-18(26)19(27)20(28)21(31-16)29-10-2-3-11-14(7-10)30-15(17(11)25)6-9-1-4-12(23)13(24)5-9/h1-7,16,18-24,26-28H,8H2/b15-6+/t16-,18-,19-,20-,21-/m1/s1. The van der Waals surface area contributed by atoms with Gasteiger partial charge in [0.15, 0.2) is 17.3 Å². The van der Waals surface area contributed by atoms with E-state index in [1.54, 1.807) is 0 Å². The van der Waals surface area contributed by atoms with Crippen LogP contribution >= 0.6 is 0 Å². The number of aliphatic hydroxyl groups excluding tert-OH is 4. The van der Waals surface area contributed by atoms with E-state index in [1.807, 2.05) is 0 Å². The molecule has 0 unspecified atom stereocenters. The van der Waals surface area contributed by atoms with E-state index in [0.717, 1.165) is 0 Å². The fraction of sp³-hybridized carbons (Fsp3) is 0.286. The van der Waals surface area contributed by atoms with E-state index in [9.17, 15) is 35.4 Å². The van der Waals surface area contributed by atoms with Crippen LogP contribution in [0.15, 0.2) is 42.2 Å². The summed E-state index contributed by atoms with van der Waals surface area (Å²) in [6.07, 6.45) is -5.76. The van der Waals surface area contributed by atoms with Crippen molar-refractivity contribution in [2.24, 2.45) is 0 Å². The zero-order valence-electron chi connectivity index (χ0n) is 16.0. The molecule has 10 heteroatoms. The fourth-order valence-corrected chi connectivity index (χ4v) is 3.32. The van der Waals surface area contributed by atoms with Crippen LogP contribution in [-0.4, -0.2) is 73.7 Å². The highest BCUT2D eigenvalue weighted by Crippen LogP contribution is 2.36. The molecule has 0 bridgehead atoms. The summed E-state index contributed by atoms with van der Waals surface area (Å²) >= 11 is 0. The molecule has 4 rings (SSSR count). The molecule has 1 saturated heterocycles. The summed E-state index contributed by atoms with van der Waals surface area (Å²) < 4.78 is 16.4. The van der Waals surface area contributed by atoms with Crippen molar-refractivity contribution in [2.75, 3.05) is 6.61 Å². The maximum absolute atomic E-state index is 12.6. The lowest BCUT2D eigenvalue weighted by Gasteiger charge is -2.39. The molecule has 0 saturated carbocycles. The Balaban J connectivity index is 1.53. The first-order valence-electron chi connectivity index (χ1n) is 9.36. The highest BCUT2D eigenvalue weighted by atomic mass is 16.7. The number of hydrogen-bond donors (Lipinski definition) is 6. The summed E-state index contributed by atoms with van der Waals surface area (Å²) in [7, 11) is 0. The number of allylic oxidation sites excluding steroid dienone is 1. The highest BCUT2D eigenvalue weighted by Gasteiger charge is 2.44. The molecule has 10 nitrogen and oxygen atoms in total. The minimum atomic E-state index is -1.58. The third-order valence-corrected chi connectivity index (χ3v) is 5.04. The predicted octanol–water partition coefficient (Wildman–Crippen LogP) is -0.107. The van der Waals surface area contributed by atoms with Gasteiger partial charge < -0.3 is 44.8 Å². The van der Waals surface area contributed by atoms with Crippen molar-refractivity contribution in [2.45, 2.75) is 30.7 Å². The van der Waals surface area contributed by atoms with E-state index in [2.05, 4.69) is 0 Å². The van der Waals surface area contributed by atoms with Crippen LogP contribution in [0.5, 0.6) is 23.0 Å². The molecule has 6 N–H and O–H groups in total. The predicted molar refractivity (Wildman–Crippen MR) is 104 cm³/mol. The quantitative estimate of drug-likeness (QED) is 0.283. The van der Waals surface area contributed by atoms with Crippen LogP contribution in [0.3, 0.4) is 0 Å². The number of ketones is 1. The third-order valence-electron chi connectivity index (χ3n) is 5.04. The number of phenols is 2. The molecule has 0 radical (unpaired) electrons. The van der Waals surface area contributed by atoms with Crippen LogP contribution in [-0.2, 0) is 4.74 Å². The van der Waals surface area contributed by atoms with Gasteiger partial charge in [-0.3, -0.25) is 4.79 Å². The number of fused-ring (bicyclic) bond motifs is 1. The number of ether oxygens (including phenoxy) is 3. The first-order chi connectivity index (χ1) is 14.8. The van der Waals surface area contributed by atoms with Gasteiger partial charge in [-0.05, 0) is 35.9 Å². The molecule has 0 amide bonds. The summed E-state index contributed by atoms with van der Waals surface area (Å²) in [5, 5.41) is 58.0. The van der Waals surface area contributed by atoms with Gasteiger partial charge in [-0.15, -0.1) is 0 Å². The number of aliphatic hydroxyl groups is 4. The van der Waals surface area contributed by atoms with Crippen molar-refractivity contribution in [1.29, 1.82) is 0 Å². The Bertz CT molecular complexity index is 1030. The van der Waals surface area contributed by atoms with E-state index >= 15 is 0 Å². The number of carbonyl (C=O) groups is 1. The number of phenolic OH excluding ortho intramolecular Hbond substituents is 2. The van der Waals surface area contributed by atoms with Gasteiger partial charge in [-0.25, -0.2) is 0 Å². The molecule has 1 fully saturated rings. The Morgan fingerprint density at radius 2 is 1.74 bits per heavy atom. The largest absolute Gasteiger partial charge is 0.504 e. The molecule has 2 aromatic carbocycles. The zero-order chi connectivity index (χ0) is 22.3. The molecular formula is C21H20O10. The van der Waals surface area contributed by atoms with Gasteiger partial charge in [-0.1, -0.05) is 6.07 Å². The summed E-state index contributed by atoms with van der Waals surface area (Å²) in [6.45, 7) is -0.590. The topological polar surface area (TPSA) is 166 Å². The average molecular weight is 432 g/mol. The summed E-state index contributed by atoms with van der Waals surface area (Å²) in [5.41, 5.74) is 0.694. The van der Waals surface area contributed by atoms with Crippen molar-refractivity contribution in [3.8, 4) is 23.0 Å². The van der Waals surface area contributed by atoms with Crippen LogP contribution in [0, 0.1) is 0 Å². The van der Waals surface area contributed by atoms with Crippen molar-refractivity contribution in [3.05, 3.63) is 53.3 Å².